The molecule has 3 aromatic rings. The molecule has 0 radical (unpaired) electrons. The van der Waals surface area contributed by atoms with Gasteiger partial charge in [-0.1, -0.05) is 0 Å². The molecular formula is C23H34BMoN8O2P. The molecule has 192 valence electrons. The molecule has 0 aromatic carbocycles. The Morgan fingerprint density at radius 3 is 1.17 bits per heavy atom. The molecular weight excluding hydrogens is 558 g/mol. The molecule has 0 bridgehead atoms. The maximum atomic E-state index is 7.50. The molecule has 0 saturated carbocycles. The van der Waals surface area contributed by atoms with Crippen LogP contribution in [0.15, 0.2) is 18.2 Å². The number of nitrogens with zero attached hydrogens (tertiary/aromatic N) is 8. The third-order valence-electron chi connectivity index (χ3n) is 5.06. The Bertz CT molecular complexity index is 1110. The van der Waals surface area contributed by atoms with Crippen molar-refractivity contribution >= 4 is 20.9 Å². The first-order chi connectivity index (χ1) is 17.0. The molecule has 0 spiro atoms. The third kappa shape index (κ3) is 9.31. The summed E-state index contributed by atoms with van der Waals surface area (Å²) in [5.74, 6) is 0. The predicted molar refractivity (Wildman–Crippen MR) is 139 cm³/mol. The van der Waals surface area contributed by atoms with Crippen molar-refractivity contribution in [3.8, 4) is 3.94 Å². The second kappa shape index (κ2) is 16.5. The van der Waals surface area contributed by atoms with Gasteiger partial charge in [-0.25, -0.2) is 15.3 Å². The van der Waals surface area contributed by atoms with Crippen molar-refractivity contribution in [2.75, 3.05) is 28.2 Å². The summed E-state index contributed by atoms with van der Waals surface area (Å²) in [5, 5.41) is 14.1. The number of hydrogen-bond acceptors (Lipinski definition) is 3. The predicted octanol–water partition coefficient (Wildman–Crippen LogP) is 2.32. The van der Waals surface area contributed by atoms with Gasteiger partial charge in [0.2, 0.25) is 0 Å². The van der Waals surface area contributed by atoms with Gasteiger partial charge in [-0.2, -0.15) is 0 Å². The SMILES string of the molecule is CN(C)C(=P[C]#[Mo+])N(C)C.Cc1cc(C)n([BH-](n2nc(C)cc2C)n2nc(C)cc2C)n1.[C-]#[O+].[C-]#[O+]. The minimum absolute atomic E-state index is 1.01. The second-order valence-electron chi connectivity index (χ2n) is 8.50. The van der Waals surface area contributed by atoms with Crippen LogP contribution in [0.3, 0.4) is 0 Å². The van der Waals surface area contributed by atoms with Gasteiger partial charge in [-0.3, -0.25) is 0 Å². The van der Waals surface area contributed by atoms with E-state index in [0.717, 1.165) is 42.4 Å². The Labute approximate surface area is 227 Å². The zero-order valence-electron chi connectivity index (χ0n) is 22.7. The summed E-state index contributed by atoms with van der Waals surface area (Å²) in [7, 11) is 8.06. The Morgan fingerprint density at radius 2 is 1.03 bits per heavy atom. The molecule has 0 atom stereocenters. The number of rotatable bonds is 5. The van der Waals surface area contributed by atoms with Crippen LogP contribution in [0, 0.1) is 58.8 Å². The van der Waals surface area contributed by atoms with Crippen LogP contribution in [0.5, 0.6) is 0 Å². The van der Waals surface area contributed by atoms with Crippen molar-refractivity contribution in [3.05, 3.63) is 65.7 Å². The van der Waals surface area contributed by atoms with Crippen LogP contribution in [0.25, 0.3) is 0 Å². The summed E-state index contributed by atoms with van der Waals surface area (Å²) in [5.41, 5.74) is 7.66. The first-order valence-electron chi connectivity index (χ1n) is 10.9. The summed E-state index contributed by atoms with van der Waals surface area (Å²) in [6, 6.07) is 6.28. The Hall–Kier alpha value is -2.27. The van der Waals surface area contributed by atoms with E-state index < -0.39 is 7.12 Å². The van der Waals surface area contributed by atoms with Gasteiger partial charge in [-0.15, -0.1) is 0 Å². The molecule has 3 heterocycles. The van der Waals surface area contributed by atoms with Gasteiger partial charge >= 0.3 is 105 Å². The van der Waals surface area contributed by atoms with E-state index in [1.807, 2.05) is 68.1 Å². The summed E-state index contributed by atoms with van der Waals surface area (Å²) in [6.07, 6.45) is 0. The molecule has 3 rings (SSSR count). The zero-order chi connectivity index (χ0) is 28.2. The van der Waals surface area contributed by atoms with Crippen molar-refractivity contribution in [3.63, 3.8) is 0 Å². The molecule has 3 aromatic heterocycles. The molecule has 0 aliphatic carbocycles. The number of aromatic nitrogens is 6. The van der Waals surface area contributed by atoms with E-state index in [9.17, 15) is 0 Å². The molecule has 36 heavy (non-hydrogen) atoms. The van der Waals surface area contributed by atoms with E-state index in [2.05, 4.69) is 79.8 Å². The van der Waals surface area contributed by atoms with Gasteiger partial charge in [0.15, 0.2) is 0 Å². The molecule has 0 aliphatic rings. The van der Waals surface area contributed by atoms with Crippen LogP contribution in [-0.2, 0) is 28.5 Å². The van der Waals surface area contributed by atoms with Crippen LogP contribution in [0.1, 0.15) is 34.2 Å². The van der Waals surface area contributed by atoms with Gasteiger partial charge in [0, 0.05) is 0 Å². The molecule has 10 nitrogen and oxygen atoms in total. The van der Waals surface area contributed by atoms with E-state index in [4.69, 9.17) is 24.6 Å². The molecule has 0 aliphatic heterocycles. The molecule has 0 N–H and O–H groups in total. The standard InChI is InChI=1S/C15H22BN6.C6H12N2P.2CO.Mo/c1-10-7-13(4)20(17-10)16(21-14(5)8-11(2)18-21)22-15(6)9-12(3)19-22;1-7(2)6(9-5)8(3)4;2*1-2;/h7-9,16H,1-6H3;1-4H3;;;/q-1;;;;+1. The van der Waals surface area contributed by atoms with Crippen LogP contribution in [0.2, 0.25) is 0 Å². The second-order valence-corrected chi connectivity index (χ2v) is 10.6. The molecule has 0 unspecified atom stereocenters. The maximum absolute atomic E-state index is 7.50. The third-order valence-corrected chi connectivity index (χ3v) is 6.82. The first kappa shape index (κ1) is 33.7. The van der Waals surface area contributed by atoms with Crippen LogP contribution in [-0.4, -0.2) is 79.7 Å². The van der Waals surface area contributed by atoms with Crippen LogP contribution < -0.4 is 0 Å². The van der Waals surface area contributed by atoms with Gasteiger partial charge in [0.1, 0.15) is 0 Å². The quantitative estimate of drug-likeness (QED) is 0.196. The van der Waals surface area contributed by atoms with Crippen molar-refractivity contribution in [2.24, 2.45) is 0 Å². The fourth-order valence-electron chi connectivity index (χ4n) is 3.91. The monoisotopic (exact) mass is 594 g/mol. The minimum atomic E-state index is -1.26. The normalized spacial score (nSPS) is 10.1. The summed E-state index contributed by atoms with van der Waals surface area (Å²) >= 11 is 1.87. The Kier molecular flexibility index (Phi) is 15.4. The fourth-order valence-corrected chi connectivity index (χ4v) is 4.99. The van der Waals surface area contributed by atoms with Crippen LogP contribution >= 0.6 is 8.20 Å². The topological polar surface area (TPSA) is 99.7 Å². The number of hydrogen-bond donors (Lipinski definition) is 0. The zero-order valence-corrected chi connectivity index (χ0v) is 25.6. The average molecular weight is 592 g/mol. The van der Waals surface area contributed by atoms with Crippen LogP contribution in [0.4, 0.5) is 0 Å². The van der Waals surface area contributed by atoms with Gasteiger partial charge in [-0.05, 0) is 76.8 Å². The van der Waals surface area contributed by atoms with Crippen molar-refractivity contribution in [1.29, 1.82) is 0 Å². The number of aryl methyl sites for hydroxylation is 6. The molecule has 0 amide bonds. The Morgan fingerprint density at radius 1 is 0.750 bits per heavy atom. The molecule has 13 heteroatoms. The van der Waals surface area contributed by atoms with E-state index in [1.54, 1.807) is 0 Å². The van der Waals surface area contributed by atoms with Gasteiger partial charge < -0.3 is 13.8 Å². The molecule has 0 saturated heterocycles. The summed E-state index contributed by atoms with van der Waals surface area (Å²) < 4.78 is 24.3. The summed E-state index contributed by atoms with van der Waals surface area (Å²) in [4.78, 5) is 4.19. The van der Waals surface area contributed by atoms with Crippen molar-refractivity contribution in [2.45, 2.75) is 41.5 Å². The Balaban J connectivity index is 0.000000742. The van der Waals surface area contributed by atoms with Crippen molar-refractivity contribution < 1.29 is 28.5 Å². The van der Waals surface area contributed by atoms with E-state index >= 15 is 0 Å². The van der Waals surface area contributed by atoms with Crippen molar-refractivity contribution in [1.82, 2.24) is 38.9 Å². The van der Waals surface area contributed by atoms with E-state index in [-0.39, 0.29) is 0 Å². The van der Waals surface area contributed by atoms with Gasteiger partial charge in [0.25, 0.3) is 0 Å². The fraction of sp³-hybridized carbons (Fsp3) is 0.435. The molecule has 0 fully saturated rings. The first-order valence-corrected chi connectivity index (χ1v) is 12.8. The summed E-state index contributed by atoms with van der Waals surface area (Å²) in [6.45, 7) is 21.3. The van der Waals surface area contributed by atoms with Gasteiger partial charge in [0.05, 0.1) is 17.1 Å². The van der Waals surface area contributed by atoms with E-state index in [0.29, 0.717) is 0 Å². The van der Waals surface area contributed by atoms with E-state index in [1.165, 1.54) is 5.54 Å². The average Bonchev–Trinajstić information content (AvgIpc) is 3.45.